The Kier molecular flexibility index (Phi) is 6.89. The number of methoxy groups -OCH3 is 1. The Labute approximate surface area is 198 Å². The van der Waals surface area contributed by atoms with Crippen molar-refractivity contribution < 1.29 is 33.4 Å². The predicted molar refractivity (Wildman–Crippen MR) is 122 cm³/mol. The highest BCUT2D eigenvalue weighted by Gasteiger charge is 2.58. The Bertz CT molecular complexity index is 1080. The molecule has 2 saturated heterocycles. The molecule has 2 heterocycles. The number of aromatic hydroxyl groups is 1. The Hall–Kier alpha value is -3.00. The largest absolute Gasteiger partial charge is 0.505 e. The second-order valence-corrected chi connectivity index (χ2v) is 9.30. The quantitative estimate of drug-likeness (QED) is 0.482. The maximum atomic E-state index is 13.6. The number of benzene rings is 1. The molecule has 4 atom stereocenters. The number of phenolic OH excluding ortho intramolecular Hbond substituents is 1. The van der Waals surface area contributed by atoms with Gasteiger partial charge in [0.2, 0.25) is 11.8 Å². The van der Waals surface area contributed by atoms with Crippen molar-refractivity contribution >= 4 is 24.0 Å². The van der Waals surface area contributed by atoms with Crippen molar-refractivity contribution in [3.8, 4) is 5.75 Å². The number of nitrogens with zero attached hydrogens (tertiary/aromatic N) is 1. The Morgan fingerprint density at radius 2 is 2.06 bits per heavy atom. The first-order valence-corrected chi connectivity index (χ1v) is 11.7. The summed E-state index contributed by atoms with van der Waals surface area (Å²) in [5, 5.41) is 9.37. The van der Waals surface area contributed by atoms with E-state index in [1.165, 1.54) is 12.1 Å². The van der Waals surface area contributed by atoms with E-state index in [1.54, 1.807) is 6.07 Å². The lowest BCUT2D eigenvalue weighted by Crippen LogP contribution is -2.38. The van der Waals surface area contributed by atoms with E-state index >= 15 is 0 Å². The monoisotopic (exact) mass is 471 g/mol. The van der Waals surface area contributed by atoms with Gasteiger partial charge in [-0.25, -0.2) is 9.18 Å². The lowest BCUT2D eigenvalue weighted by molar-refractivity contribution is -0.137. The summed E-state index contributed by atoms with van der Waals surface area (Å²) in [5.74, 6) is -3.36. The lowest BCUT2D eigenvalue weighted by Gasteiger charge is -2.31. The van der Waals surface area contributed by atoms with Gasteiger partial charge in [0.05, 0.1) is 31.7 Å². The van der Waals surface area contributed by atoms with Crippen LogP contribution in [0.4, 0.5) is 9.18 Å². The lowest BCUT2D eigenvalue weighted by atomic mass is 9.68. The average molecular weight is 472 g/mol. The average Bonchev–Trinajstić information content (AvgIpc) is 3.33. The first-order chi connectivity index (χ1) is 16.3. The number of ether oxygens (including phenoxy) is 2. The normalized spacial score (nSPS) is 26.7. The van der Waals surface area contributed by atoms with Gasteiger partial charge in [-0.1, -0.05) is 36.6 Å². The standard InChI is InChI=1S/C26H30FNO6/c1-4-5-16-12-17-23(25(31)28(24(17)30)26(32)33-3)18-13-34-21(22(16)18)9-6-14(2)10-15-7-8-20(29)19(27)11-15/h7-8,10-11,17-18,21,23,29H,4-6,9,12-13H2,1-3H3/b14-10+/t17-,18+,21-,23-/m1/s1. The molecule has 3 aliphatic rings. The molecule has 2 aliphatic heterocycles. The van der Waals surface area contributed by atoms with Crippen LogP contribution in [-0.2, 0) is 19.1 Å². The minimum atomic E-state index is -0.926. The number of likely N-dealkylation sites (tertiary alicyclic amines) is 1. The SMILES string of the molecule is CCCC1=C2[C@@H](CC/C(C)=C/c3ccc(O)c(F)c3)OC[C@@H]2[C@@H]2C(=O)N(C(=O)OC)C(=O)[C@@H]2C1. The summed E-state index contributed by atoms with van der Waals surface area (Å²) in [6.45, 7) is 4.38. The maximum absolute atomic E-state index is 13.6. The molecule has 1 N–H and O–H groups in total. The topological polar surface area (TPSA) is 93.1 Å². The van der Waals surface area contributed by atoms with E-state index < -0.39 is 35.6 Å². The number of halogens is 1. The fourth-order valence-corrected chi connectivity index (χ4v) is 5.61. The molecule has 1 aliphatic carbocycles. The Balaban J connectivity index is 1.54. The second-order valence-electron chi connectivity index (χ2n) is 9.30. The van der Waals surface area contributed by atoms with Crippen LogP contribution in [0, 0.1) is 23.6 Å². The third-order valence-corrected chi connectivity index (χ3v) is 7.10. The second kappa shape index (κ2) is 9.70. The molecular formula is C26H30FNO6. The fraction of sp³-hybridized carbons (Fsp3) is 0.500. The number of rotatable bonds is 6. The molecule has 0 spiro atoms. The van der Waals surface area contributed by atoms with Crippen LogP contribution in [0.2, 0.25) is 0 Å². The molecule has 0 bridgehead atoms. The zero-order valence-corrected chi connectivity index (χ0v) is 19.7. The van der Waals surface area contributed by atoms with Crippen molar-refractivity contribution in [1.82, 2.24) is 4.90 Å². The van der Waals surface area contributed by atoms with Crippen LogP contribution in [-0.4, -0.2) is 47.7 Å². The third kappa shape index (κ3) is 4.27. The van der Waals surface area contributed by atoms with Gasteiger partial charge in [-0.05, 0) is 55.9 Å². The molecule has 7 nitrogen and oxygen atoms in total. The van der Waals surface area contributed by atoms with Crippen LogP contribution in [0.1, 0.15) is 51.5 Å². The number of carbonyl (C=O) groups is 3. The highest BCUT2D eigenvalue weighted by molar-refractivity contribution is 6.16. The van der Waals surface area contributed by atoms with E-state index in [0.717, 1.165) is 36.7 Å². The molecule has 0 unspecified atom stereocenters. The van der Waals surface area contributed by atoms with Gasteiger partial charge in [0.15, 0.2) is 11.6 Å². The van der Waals surface area contributed by atoms with E-state index in [4.69, 9.17) is 4.74 Å². The van der Waals surface area contributed by atoms with Gasteiger partial charge in [-0.15, -0.1) is 0 Å². The Morgan fingerprint density at radius 3 is 2.74 bits per heavy atom. The van der Waals surface area contributed by atoms with Gasteiger partial charge in [-0.3, -0.25) is 9.59 Å². The predicted octanol–water partition coefficient (Wildman–Crippen LogP) is 4.60. The molecule has 4 rings (SSSR count). The molecule has 8 heteroatoms. The molecule has 0 saturated carbocycles. The van der Waals surface area contributed by atoms with Crippen LogP contribution < -0.4 is 0 Å². The third-order valence-electron chi connectivity index (χ3n) is 7.10. The van der Waals surface area contributed by atoms with Gasteiger partial charge >= 0.3 is 6.09 Å². The van der Waals surface area contributed by atoms with Crippen molar-refractivity contribution in [3.05, 3.63) is 46.3 Å². The first kappa shape index (κ1) is 24.1. The number of allylic oxidation sites excluding steroid dienone is 2. The van der Waals surface area contributed by atoms with Crippen molar-refractivity contribution in [2.24, 2.45) is 17.8 Å². The summed E-state index contributed by atoms with van der Waals surface area (Å²) < 4.78 is 24.5. The number of fused-ring (bicyclic) bond motifs is 3. The minimum absolute atomic E-state index is 0.164. The highest BCUT2D eigenvalue weighted by atomic mass is 19.1. The molecule has 0 radical (unpaired) electrons. The molecular weight excluding hydrogens is 441 g/mol. The molecule has 34 heavy (non-hydrogen) atoms. The van der Waals surface area contributed by atoms with E-state index in [2.05, 4.69) is 11.7 Å². The summed E-state index contributed by atoms with van der Waals surface area (Å²) in [6.07, 6.45) is 4.37. The van der Waals surface area contributed by atoms with Crippen LogP contribution in [0.5, 0.6) is 5.75 Å². The number of hydrogen-bond donors (Lipinski definition) is 1. The molecule has 1 aromatic carbocycles. The number of carbonyl (C=O) groups excluding carboxylic acids is 3. The summed E-state index contributed by atoms with van der Waals surface area (Å²) in [7, 11) is 1.16. The minimum Gasteiger partial charge on any atom is -0.505 e. The van der Waals surface area contributed by atoms with E-state index in [1.807, 2.05) is 13.0 Å². The zero-order chi connectivity index (χ0) is 24.6. The van der Waals surface area contributed by atoms with Crippen LogP contribution in [0.15, 0.2) is 34.9 Å². The van der Waals surface area contributed by atoms with E-state index in [-0.39, 0.29) is 17.8 Å². The smallest absolute Gasteiger partial charge is 0.423 e. The molecule has 2 fully saturated rings. The number of amides is 3. The molecule has 0 aromatic heterocycles. The van der Waals surface area contributed by atoms with E-state index in [0.29, 0.717) is 36.3 Å². The number of phenols is 1. The first-order valence-electron chi connectivity index (χ1n) is 11.7. The zero-order valence-electron chi connectivity index (χ0n) is 19.7. The van der Waals surface area contributed by atoms with Crippen LogP contribution >= 0.6 is 0 Å². The van der Waals surface area contributed by atoms with Crippen molar-refractivity contribution in [2.45, 2.75) is 52.1 Å². The highest BCUT2D eigenvalue weighted by Crippen LogP contribution is 2.50. The van der Waals surface area contributed by atoms with Crippen molar-refractivity contribution in [1.29, 1.82) is 0 Å². The van der Waals surface area contributed by atoms with Crippen molar-refractivity contribution in [2.75, 3.05) is 13.7 Å². The molecule has 182 valence electrons. The van der Waals surface area contributed by atoms with Gasteiger partial charge < -0.3 is 14.6 Å². The number of imide groups is 3. The van der Waals surface area contributed by atoms with Gasteiger partial charge in [0, 0.05) is 5.92 Å². The van der Waals surface area contributed by atoms with Gasteiger partial charge in [0.25, 0.3) is 0 Å². The Morgan fingerprint density at radius 1 is 1.29 bits per heavy atom. The van der Waals surface area contributed by atoms with Crippen LogP contribution in [0.25, 0.3) is 6.08 Å². The summed E-state index contributed by atoms with van der Waals surface area (Å²) in [4.78, 5) is 38.7. The molecule has 1 aromatic rings. The summed E-state index contributed by atoms with van der Waals surface area (Å²) >= 11 is 0. The fourth-order valence-electron chi connectivity index (χ4n) is 5.61. The maximum Gasteiger partial charge on any atom is 0.423 e. The number of hydrogen-bond acceptors (Lipinski definition) is 6. The summed E-state index contributed by atoms with van der Waals surface area (Å²) in [6, 6.07) is 4.28. The van der Waals surface area contributed by atoms with E-state index in [9.17, 15) is 23.9 Å². The molecule has 3 amide bonds. The summed E-state index contributed by atoms with van der Waals surface area (Å²) in [5.41, 5.74) is 3.97. The van der Waals surface area contributed by atoms with Crippen LogP contribution in [0.3, 0.4) is 0 Å². The van der Waals surface area contributed by atoms with Crippen molar-refractivity contribution in [3.63, 3.8) is 0 Å². The van der Waals surface area contributed by atoms with Gasteiger partial charge in [0.1, 0.15) is 0 Å². The van der Waals surface area contributed by atoms with Gasteiger partial charge in [-0.2, -0.15) is 4.90 Å².